The third-order valence-electron chi connectivity index (χ3n) is 2.51. The summed E-state index contributed by atoms with van der Waals surface area (Å²) in [4.78, 5) is -0.255. The molecule has 0 saturated heterocycles. The highest BCUT2D eigenvalue weighted by Gasteiger charge is 2.22. The van der Waals surface area contributed by atoms with Crippen molar-refractivity contribution >= 4 is 44.9 Å². The molecule has 4 nitrogen and oxygen atoms in total. The van der Waals surface area contributed by atoms with Crippen LogP contribution in [0.4, 0.5) is 0 Å². The van der Waals surface area contributed by atoms with Gasteiger partial charge >= 0.3 is 10.1 Å². The van der Waals surface area contributed by atoms with Crippen LogP contribution in [0.15, 0.2) is 41.3 Å². The molecule has 0 aliphatic rings. The Morgan fingerprint density at radius 2 is 1.38 bits per heavy atom. The highest BCUT2D eigenvalue weighted by molar-refractivity contribution is 7.87. The first kappa shape index (κ1) is 16.2. The predicted molar refractivity (Wildman–Crippen MR) is 82.3 cm³/mol. The minimum atomic E-state index is -4.12. The van der Waals surface area contributed by atoms with Crippen molar-refractivity contribution in [1.29, 1.82) is 0 Å². The number of rotatable bonds is 4. The molecule has 2 rings (SSSR count). The molecule has 0 aliphatic carbocycles. The molecule has 8 heteroatoms. The standard InChI is InChI=1S/C13H9Cl3O4S/c1-19-8-2-4-9(5-3-8)20-21(17,18)13-7-11(15)10(14)6-12(13)16/h2-7H,1H3. The van der Waals surface area contributed by atoms with Crippen LogP contribution in [0.2, 0.25) is 15.1 Å². The van der Waals surface area contributed by atoms with E-state index in [0.717, 1.165) is 6.07 Å². The Morgan fingerprint density at radius 3 is 1.95 bits per heavy atom. The van der Waals surface area contributed by atoms with Crippen LogP contribution in [0, 0.1) is 0 Å². The Labute approximate surface area is 137 Å². The monoisotopic (exact) mass is 366 g/mol. The van der Waals surface area contributed by atoms with Crippen molar-refractivity contribution < 1.29 is 17.3 Å². The zero-order valence-electron chi connectivity index (χ0n) is 10.6. The summed E-state index contributed by atoms with van der Waals surface area (Å²) in [6, 6.07) is 8.45. The van der Waals surface area contributed by atoms with Crippen molar-refractivity contribution in [1.82, 2.24) is 0 Å². The molecule has 0 aliphatic heterocycles. The summed E-state index contributed by atoms with van der Waals surface area (Å²) in [5.74, 6) is 0.699. The second-order valence-corrected chi connectivity index (χ2v) is 6.65. The summed E-state index contributed by atoms with van der Waals surface area (Å²) in [5.41, 5.74) is 0. The number of halogens is 3. The maximum Gasteiger partial charge on any atom is 0.340 e. The minimum Gasteiger partial charge on any atom is -0.497 e. The number of hydrogen-bond donors (Lipinski definition) is 0. The van der Waals surface area contributed by atoms with Gasteiger partial charge in [-0.05, 0) is 36.4 Å². The van der Waals surface area contributed by atoms with Crippen LogP contribution in [-0.4, -0.2) is 15.5 Å². The molecule has 0 fully saturated rings. The summed E-state index contributed by atoms with van der Waals surface area (Å²) in [6.07, 6.45) is 0. The average Bonchev–Trinajstić information content (AvgIpc) is 2.43. The van der Waals surface area contributed by atoms with E-state index in [0.29, 0.717) is 5.75 Å². The van der Waals surface area contributed by atoms with Gasteiger partial charge in [-0.2, -0.15) is 8.42 Å². The van der Waals surface area contributed by atoms with Gasteiger partial charge in [-0.15, -0.1) is 0 Å². The van der Waals surface area contributed by atoms with Gasteiger partial charge in [0.05, 0.1) is 22.2 Å². The topological polar surface area (TPSA) is 52.6 Å². The molecular formula is C13H9Cl3O4S. The summed E-state index contributed by atoms with van der Waals surface area (Å²) >= 11 is 17.4. The molecule has 0 spiro atoms. The Hall–Kier alpha value is -1.14. The van der Waals surface area contributed by atoms with Crippen molar-refractivity contribution in [2.45, 2.75) is 4.90 Å². The molecule has 0 bridgehead atoms. The molecule has 0 aromatic heterocycles. The largest absolute Gasteiger partial charge is 0.497 e. The lowest BCUT2D eigenvalue weighted by Gasteiger charge is -2.10. The molecule has 0 N–H and O–H groups in total. The fraction of sp³-hybridized carbons (Fsp3) is 0.0769. The highest BCUT2D eigenvalue weighted by Crippen LogP contribution is 2.33. The Kier molecular flexibility index (Phi) is 4.88. The molecule has 112 valence electrons. The Morgan fingerprint density at radius 1 is 0.857 bits per heavy atom. The first-order chi connectivity index (χ1) is 9.83. The van der Waals surface area contributed by atoms with Crippen molar-refractivity contribution in [2.75, 3.05) is 7.11 Å². The second-order valence-electron chi connectivity index (χ2n) is 3.91. The lowest BCUT2D eigenvalue weighted by Crippen LogP contribution is -2.10. The normalized spacial score (nSPS) is 11.2. The van der Waals surface area contributed by atoms with E-state index < -0.39 is 10.1 Å². The van der Waals surface area contributed by atoms with Crippen LogP contribution in [-0.2, 0) is 10.1 Å². The van der Waals surface area contributed by atoms with Crippen LogP contribution >= 0.6 is 34.8 Å². The van der Waals surface area contributed by atoms with Gasteiger partial charge in [0, 0.05) is 0 Å². The third-order valence-corrected chi connectivity index (χ3v) is 4.94. The average molecular weight is 368 g/mol. The van der Waals surface area contributed by atoms with Gasteiger partial charge in [0.25, 0.3) is 0 Å². The molecule has 0 radical (unpaired) electrons. The molecular weight excluding hydrogens is 359 g/mol. The zero-order chi connectivity index (χ0) is 15.6. The molecule has 2 aromatic carbocycles. The van der Waals surface area contributed by atoms with Gasteiger partial charge in [-0.1, -0.05) is 34.8 Å². The van der Waals surface area contributed by atoms with Crippen molar-refractivity contribution in [3.05, 3.63) is 51.5 Å². The van der Waals surface area contributed by atoms with Gasteiger partial charge in [0.2, 0.25) is 0 Å². The molecule has 0 saturated carbocycles. The van der Waals surface area contributed by atoms with Gasteiger partial charge < -0.3 is 8.92 Å². The third kappa shape index (κ3) is 3.74. The molecule has 21 heavy (non-hydrogen) atoms. The van der Waals surface area contributed by atoms with Gasteiger partial charge in [0.1, 0.15) is 16.4 Å². The fourth-order valence-electron chi connectivity index (χ4n) is 1.50. The number of hydrogen-bond acceptors (Lipinski definition) is 4. The van der Waals surface area contributed by atoms with Gasteiger partial charge in [-0.3, -0.25) is 0 Å². The summed E-state index contributed by atoms with van der Waals surface area (Å²) in [6.45, 7) is 0. The van der Waals surface area contributed by atoms with Crippen LogP contribution in [0.3, 0.4) is 0 Å². The van der Waals surface area contributed by atoms with Gasteiger partial charge in [-0.25, -0.2) is 0 Å². The van der Waals surface area contributed by atoms with E-state index in [-0.39, 0.29) is 25.7 Å². The van der Waals surface area contributed by atoms with E-state index in [9.17, 15) is 8.42 Å². The lowest BCUT2D eigenvalue weighted by molar-refractivity contribution is 0.413. The molecule has 0 atom stereocenters. The maximum atomic E-state index is 12.2. The SMILES string of the molecule is COc1ccc(OS(=O)(=O)c2cc(Cl)c(Cl)cc2Cl)cc1. The molecule has 0 heterocycles. The first-order valence-electron chi connectivity index (χ1n) is 5.56. The Balaban J connectivity index is 2.35. The fourth-order valence-corrected chi connectivity index (χ4v) is 3.41. The van der Waals surface area contributed by atoms with Crippen molar-refractivity contribution in [3.63, 3.8) is 0 Å². The Bertz CT molecular complexity index is 758. The van der Waals surface area contributed by atoms with E-state index in [1.54, 1.807) is 12.1 Å². The predicted octanol–water partition coefficient (Wildman–Crippen LogP) is 4.42. The van der Waals surface area contributed by atoms with Crippen molar-refractivity contribution in [2.24, 2.45) is 0 Å². The molecule has 0 amide bonds. The second kappa shape index (κ2) is 6.32. The van der Waals surface area contributed by atoms with E-state index in [1.807, 2.05) is 0 Å². The van der Waals surface area contributed by atoms with E-state index in [2.05, 4.69) is 0 Å². The smallest absolute Gasteiger partial charge is 0.340 e. The minimum absolute atomic E-state index is 0.0676. The number of benzene rings is 2. The van der Waals surface area contributed by atoms with Crippen LogP contribution in [0.25, 0.3) is 0 Å². The summed E-state index contributed by atoms with van der Waals surface area (Å²) in [5, 5.41) is 0.154. The van der Waals surface area contributed by atoms with E-state index >= 15 is 0 Å². The van der Waals surface area contributed by atoms with Gasteiger partial charge in [0.15, 0.2) is 0 Å². The van der Waals surface area contributed by atoms with E-state index in [4.69, 9.17) is 43.7 Å². The molecule has 2 aromatic rings. The first-order valence-corrected chi connectivity index (χ1v) is 8.11. The zero-order valence-corrected chi connectivity index (χ0v) is 13.7. The van der Waals surface area contributed by atoms with Crippen molar-refractivity contribution in [3.8, 4) is 11.5 Å². The van der Waals surface area contributed by atoms with Crippen LogP contribution in [0.5, 0.6) is 11.5 Å². The number of ether oxygens (including phenoxy) is 1. The van der Waals surface area contributed by atoms with E-state index in [1.165, 1.54) is 25.3 Å². The summed E-state index contributed by atoms with van der Waals surface area (Å²) < 4.78 is 34.4. The van der Waals surface area contributed by atoms with Crippen LogP contribution in [0.1, 0.15) is 0 Å². The quantitative estimate of drug-likeness (QED) is 0.593. The summed E-state index contributed by atoms with van der Waals surface area (Å²) in [7, 11) is -2.62. The highest BCUT2D eigenvalue weighted by atomic mass is 35.5. The lowest BCUT2D eigenvalue weighted by atomic mass is 10.3. The number of methoxy groups -OCH3 is 1. The molecule has 0 unspecified atom stereocenters. The maximum absolute atomic E-state index is 12.2. The van der Waals surface area contributed by atoms with Crippen LogP contribution < -0.4 is 8.92 Å².